The van der Waals surface area contributed by atoms with Crippen LogP contribution >= 0.6 is 23.7 Å². The largest absolute Gasteiger partial charge is 0.330 e. The number of unbranched alkanes of at least 4 members (excludes halogenated alkanes) is 3. The van der Waals surface area contributed by atoms with Crippen LogP contribution in [0.3, 0.4) is 0 Å². The van der Waals surface area contributed by atoms with Crippen molar-refractivity contribution in [2.45, 2.75) is 59.3 Å². The van der Waals surface area contributed by atoms with Crippen LogP contribution in [0.1, 0.15) is 56.7 Å². The summed E-state index contributed by atoms with van der Waals surface area (Å²) in [5, 5.41) is 4.97. The van der Waals surface area contributed by atoms with E-state index in [-0.39, 0.29) is 18.3 Å². The van der Waals surface area contributed by atoms with Crippen LogP contribution in [-0.4, -0.2) is 17.4 Å². The quantitative estimate of drug-likeness (QED) is 0.673. The number of rotatable bonds is 9. The molecule has 122 valence electrons. The summed E-state index contributed by atoms with van der Waals surface area (Å²) in [4.78, 5) is 16.5. The average molecular weight is 334 g/mol. The summed E-state index contributed by atoms with van der Waals surface area (Å²) in [5.41, 5.74) is 6.47. The van der Waals surface area contributed by atoms with Crippen molar-refractivity contribution in [2.75, 3.05) is 11.9 Å². The number of nitrogens with one attached hydrogen (secondary N) is 1. The number of carbonyl (C=O) groups excluding carboxylic acids is 1. The molecule has 0 saturated carbocycles. The van der Waals surface area contributed by atoms with Gasteiger partial charge >= 0.3 is 0 Å². The van der Waals surface area contributed by atoms with Crippen molar-refractivity contribution >= 4 is 34.7 Å². The number of nitrogens with zero attached hydrogens (tertiary/aromatic N) is 1. The molecule has 0 aliphatic rings. The Hall–Kier alpha value is -0.650. The van der Waals surface area contributed by atoms with Gasteiger partial charge in [-0.15, -0.1) is 23.7 Å². The lowest BCUT2D eigenvalue weighted by atomic mass is 10.1. The summed E-state index contributed by atoms with van der Waals surface area (Å²) < 4.78 is 0. The van der Waals surface area contributed by atoms with Crippen LogP contribution in [0.25, 0.3) is 0 Å². The van der Waals surface area contributed by atoms with E-state index >= 15 is 0 Å². The molecule has 1 aromatic rings. The third-order valence-corrected chi connectivity index (χ3v) is 3.95. The lowest BCUT2D eigenvalue weighted by molar-refractivity contribution is -0.116. The van der Waals surface area contributed by atoms with Gasteiger partial charge in [0.15, 0.2) is 0 Å². The summed E-state index contributed by atoms with van der Waals surface area (Å²) in [5.74, 6) is 0.648. The van der Waals surface area contributed by atoms with Crippen LogP contribution in [0.15, 0.2) is 0 Å². The zero-order chi connectivity index (χ0) is 15.0. The predicted octanol–water partition coefficient (Wildman–Crippen LogP) is 3.92. The van der Waals surface area contributed by atoms with Crippen LogP contribution in [0.2, 0.25) is 0 Å². The Kier molecular flexibility index (Phi) is 10.6. The van der Waals surface area contributed by atoms with Crippen LogP contribution in [-0.2, 0) is 11.2 Å². The molecule has 0 aliphatic heterocycles. The molecule has 0 aliphatic carbocycles. The fraction of sp³-hybridized carbons (Fsp3) is 0.733. The highest BCUT2D eigenvalue weighted by Gasteiger charge is 2.13. The fourth-order valence-corrected chi connectivity index (χ4v) is 2.93. The number of thiazole rings is 1. The van der Waals surface area contributed by atoms with E-state index in [1.165, 1.54) is 0 Å². The molecule has 0 unspecified atom stereocenters. The molecule has 0 fully saturated rings. The zero-order valence-corrected chi connectivity index (χ0v) is 14.9. The van der Waals surface area contributed by atoms with E-state index in [9.17, 15) is 4.79 Å². The molecule has 0 spiro atoms. The van der Waals surface area contributed by atoms with E-state index in [0.29, 0.717) is 12.3 Å². The van der Waals surface area contributed by atoms with Crippen molar-refractivity contribution in [3.63, 3.8) is 0 Å². The highest BCUT2D eigenvalue weighted by atomic mass is 35.5. The predicted molar refractivity (Wildman–Crippen MR) is 93.4 cm³/mol. The second kappa shape index (κ2) is 11.0. The number of carbonyl (C=O) groups is 1. The number of hydrogen-bond donors (Lipinski definition) is 2. The summed E-state index contributed by atoms with van der Waals surface area (Å²) in [6.07, 6.45) is 5.67. The lowest BCUT2D eigenvalue weighted by Crippen LogP contribution is -2.12. The molecule has 4 nitrogen and oxygen atoms in total. The van der Waals surface area contributed by atoms with E-state index < -0.39 is 0 Å². The van der Waals surface area contributed by atoms with E-state index in [2.05, 4.69) is 24.1 Å². The van der Waals surface area contributed by atoms with Crippen LogP contribution in [0.5, 0.6) is 0 Å². The van der Waals surface area contributed by atoms with Crippen molar-refractivity contribution < 1.29 is 4.79 Å². The van der Waals surface area contributed by atoms with Gasteiger partial charge in [-0.3, -0.25) is 4.79 Å². The smallest absolute Gasteiger partial charge is 0.225 e. The van der Waals surface area contributed by atoms with Gasteiger partial charge < -0.3 is 11.1 Å². The van der Waals surface area contributed by atoms with E-state index in [1.807, 2.05) is 6.92 Å². The molecule has 21 heavy (non-hydrogen) atoms. The van der Waals surface area contributed by atoms with Crippen LogP contribution in [0, 0.1) is 12.8 Å². The van der Waals surface area contributed by atoms with Crippen LogP contribution < -0.4 is 11.1 Å². The first-order valence-corrected chi connectivity index (χ1v) is 8.30. The van der Waals surface area contributed by atoms with E-state index in [0.717, 1.165) is 54.4 Å². The maximum atomic E-state index is 11.9. The number of nitrogens with two attached hydrogens (primary N) is 1. The molecule has 1 aromatic heterocycles. The maximum absolute atomic E-state index is 11.9. The van der Waals surface area contributed by atoms with Gasteiger partial charge in [-0.1, -0.05) is 26.7 Å². The van der Waals surface area contributed by atoms with Gasteiger partial charge in [0.25, 0.3) is 0 Å². The minimum Gasteiger partial charge on any atom is -0.330 e. The molecule has 3 N–H and O–H groups in total. The molecular formula is C15H28ClN3OS. The van der Waals surface area contributed by atoms with Crippen LogP contribution in [0.4, 0.5) is 5.00 Å². The molecule has 0 bridgehead atoms. The Bertz CT molecular complexity index is 421. The second-order valence-corrected chi connectivity index (χ2v) is 6.81. The monoisotopic (exact) mass is 333 g/mol. The molecule has 6 heteroatoms. The van der Waals surface area contributed by atoms with Gasteiger partial charge in [-0.05, 0) is 38.6 Å². The Morgan fingerprint density at radius 2 is 1.95 bits per heavy atom. The third kappa shape index (κ3) is 8.39. The minimum atomic E-state index is 0. The Morgan fingerprint density at radius 1 is 1.29 bits per heavy atom. The van der Waals surface area contributed by atoms with Gasteiger partial charge in [-0.25, -0.2) is 4.98 Å². The normalized spacial score (nSPS) is 10.5. The molecule has 1 amide bonds. The first kappa shape index (κ1) is 20.3. The first-order chi connectivity index (χ1) is 9.52. The summed E-state index contributed by atoms with van der Waals surface area (Å²) in [7, 11) is 0. The van der Waals surface area contributed by atoms with Crippen molar-refractivity contribution in [1.29, 1.82) is 0 Å². The number of anilines is 1. The second-order valence-electron chi connectivity index (χ2n) is 5.61. The maximum Gasteiger partial charge on any atom is 0.225 e. The number of amides is 1. The van der Waals surface area contributed by atoms with Crippen molar-refractivity contribution in [2.24, 2.45) is 11.7 Å². The minimum absolute atomic E-state index is 0. The van der Waals surface area contributed by atoms with E-state index in [1.54, 1.807) is 11.3 Å². The number of aromatic nitrogens is 1. The Labute approximate surface area is 138 Å². The lowest BCUT2D eigenvalue weighted by Gasteiger charge is -2.07. The molecule has 0 saturated heterocycles. The third-order valence-electron chi connectivity index (χ3n) is 3.02. The van der Waals surface area contributed by atoms with Gasteiger partial charge in [0.1, 0.15) is 5.00 Å². The first-order valence-electron chi connectivity index (χ1n) is 7.49. The number of halogens is 1. The molecule has 0 aromatic carbocycles. The average Bonchev–Trinajstić information content (AvgIpc) is 2.68. The highest BCUT2D eigenvalue weighted by Crippen LogP contribution is 2.26. The Balaban J connectivity index is 0.00000400. The van der Waals surface area contributed by atoms with Crippen molar-refractivity contribution in [1.82, 2.24) is 4.98 Å². The number of hydrogen-bond acceptors (Lipinski definition) is 4. The van der Waals surface area contributed by atoms with Crippen molar-refractivity contribution in [3.8, 4) is 0 Å². The molecular weight excluding hydrogens is 306 g/mol. The fourth-order valence-electron chi connectivity index (χ4n) is 2.07. The van der Waals surface area contributed by atoms with Gasteiger partial charge in [-0.2, -0.15) is 0 Å². The Morgan fingerprint density at radius 3 is 2.57 bits per heavy atom. The van der Waals surface area contributed by atoms with Gasteiger partial charge in [0, 0.05) is 6.42 Å². The highest BCUT2D eigenvalue weighted by molar-refractivity contribution is 7.16. The summed E-state index contributed by atoms with van der Waals surface area (Å²) >= 11 is 1.57. The molecule has 1 heterocycles. The molecule has 0 radical (unpaired) electrons. The van der Waals surface area contributed by atoms with E-state index in [4.69, 9.17) is 5.73 Å². The molecule has 1 rings (SSSR count). The van der Waals surface area contributed by atoms with Gasteiger partial charge in [0.05, 0.1) is 10.7 Å². The summed E-state index contributed by atoms with van der Waals surface area (Å²) in [6.45, 7) is 7.05. The zero-order valence-electron chi connectivity index (χ0n) is 13.3. The number of aryl methyl sites for hydroxylation is 1. The molecule has 0 atom stereocenters. The topological polar surface area (TPSA) is 68.0 Å². The SMILES string of the molecule is Cc1nc(CC(C)C)c(NC(=O)CCCCCCN)s1.Cl. The van der Waals surface area contributed by atoms with Crippen molar-refractivity contribution in [3.05, 3.63) is 10.7 Å². The van der Waals surface area contributed by atoms with Gasteiger partial charge in [0.2, 0.25) is 5.91 Å². The summed E-state index contributed by atoms with van der Waals surface area (Å²) in [6, 6.07) is 0. The standard InChI is InChI=1S/C15H27N3OS.ClH/c1-11(2)10-13-15(20-12(3)17-13)18-14(19)8-6-4-5-7-9-16;/h11H,4-10,16H2,1-3H3,(H,18,19);1H.